The van der Waals surface area contributed by atoms with Crippen LogP contribution in [0.15, 0.2) is 162 Å². The number of rotatable bonds is 4. The lowest BCUT2D eigenvalue weighted by Gasteiger charge is -2.08. The van der Waals surface area contributed by atoms with Gasteiger partial charge in [0.2, 0.25) is 0 Å². The maximum Gasteiger partial charge on any atom is 0.160 e. The first-order valence-corrected chi connectivity index (χ1v) is 16.9. The highest BCUT2D eigenvalue weighted by Crippen LogP contribution is 2.43. The molecule has 3 heterocycles. The Morgan fingerprint density at radius 3 is 1.81 bits per heavy atom. The number of fused-ring (bicyclic) bond motifs is 8. The summed E-state index contributed by atoms with van der Waals surface area (Å²) in [6.45, 7) is 0. The van der Waals surface area contributed by atoms with E-state index in [9.17, 15) is 0 Å². The average molecular weight is 631 g/mol. The van der Waals surface area contributed by atoms with Gasteiger partial charge in [-0.2, -0.15) is 0 Å². The Hall–Kier alpha value is -6.10. The van der Waals surface area contributed by atoms with Gasteiger partial charge in [0.25, 0.3) is 0 Å². The zero-order valence-electron chi connectivity index (χ0n) is 25.7. The van der Waals surface area contributed by atoms with E-state index in [1.165, 1.54) is 21.2 Å². The van der Waals surface area contributed by atoms with Crippen LogP contribution in [0.5, 0.6) is 0 Å². The van der Waals surface area contributed by atoms with Gasteiger partial charge in [0, 0.05) is 42.9 Å². The molecule has 0 unspecified atom stereocenters. The minimum absolute atomic E-state index is 0.721. The van der Waals surface area contributed by atoms with E-state index in [1.54, 1.807) is 11.3 Å². The summed E-state index contributed by atoms with van der Waals surface area (Å²) in [7, 11) is 0. The topological polar surface area (TPSA) is 38.9 Å². The summed E-state index contributed by atoms with van der Waals surface area (Å²) in [6.07, 6.45) is 0. The van der Waals surface area contributed by atoms with E-state index >= 15 is 0 Å². The highest BCUT2D eigenvalue weighted by molar-refractivity contribution is 7.26. The number of hydrogen-bond donors (Lipinski definition) is 0. The lowest BCUT2D eigenvalue weighted by molar-refractivity contribution is 0.674. The third-order valence-corrected chi connectivity index (χ3v) is 10.5. The Balaban J connectivity index is 1.13. The molecule has 0 saturated heterocycles. The largest absolute Gasteiger partial charge is 0.455 e. The lowest BCUT2D eigenvalue weighted by Crippen LogP contribution is -1.93. The van der Waals surface area contributed by atoms with E-state index in [-0.39, 0.29) is 0 Å². The Morgan fingerprint density at radius 1 is 0.417 bits per heavy atom. The predicted molar refractivity (Wildman–Crippen MR) is 201 cm³/mol. The van der Waals surface area contributed by atoms with Crippen molar-refractivity contribution in [2.75, 3.05) is 0 Å². The van der Waals surface area contributed by atoms with Gasteiger partial charge in [-0.3, -0.25) is 0 Å². The lowest BCUT2D eigenvalue weighted by atomic mass is 9.95. The summed E-state index contributed by atoms with van der Waals surface area (Å²) >= 11 is 1.75. The standard InChI is InChI=1S/C44H26N2OS/c1-3-12-27(13-4-1)36-26-37-34-20-11-19-31(41(34)47-42(37)33-17-8-7-16-32(33)36)28-22-24-30(25-23-28)44-45-39(29-14-5-2-6-15-29)43-40(46-44)35-18-9-10-21-38(35)48-43/h1-26H. The van der Waals surface area contributed by atoms with Crippen molar-refractivity contribution in [3.05, 3.63) is 158 Å². The van der Waals surface area contributed by atoms with Gasteiger partial charge in [-0.15, -0.1) is 11.3 Å². The minimum atomic E-state index is 0.721. The van der Waals surface area contributed by atoms with Crippen LogP contribution >= 0.6 is 11.3 Å². The normalized spacial score (nSPS) is 11.8. The van der Waals surface area contributed by atoms with Gasteiger partial charge in [0.1, 0.15) is 11.2 Å². The number of hydrogen-bond acceptors (Lipinski definition) is 4. The van der Waals surface area contributed by atoms with Gasteiger partial charge in [-0.05, 0) is 34.2 Å². The van der Waals surface area contributed by atoms with Crippen molar-refractivity contribution < 1.29 is 4.42 Å². The van der Waals surface area contributed by atoms with Gasteiger partial charge in [-0.25, -0.2) is 9.97 Å². The van der Waals surface area contributed by atoms with Crippen LogP contribution in [-0.2, 0) is 0 Å². The highest BCUT2D eigenvalue weighted by atomic mass is 32.1. The summed E-state index contributed by atoms with van der Waals surface area (Å²) in [5.41, 5.74) is 10.4. The summed E-state index contributed by atoms with van der Waals surface area (Å²) in [5.74, 6) is 0.721. The average Bonchev–Trinajstić information content (AvgIpc) is 3.74. The number of nitrogens with zero attached hydrogens (tertiary/aromatic N) is 2. The third kappa shape index (κ3) is 4.20. The molecular weight excluding hydrogens is 605 g/mol. The van der Waals surface area contributed by atoms with Crippen LogP contribution in [-0.4, -0.2) is 9.97 Å². The Morgan fingerprint density at radius 2 is 1.02 bits per heavy atom. The number of furan rings is 1. The molecule has 0 spiro atoms. The van der Waals surface area contributed by atoms with Crippen LogP contribution in [0.3, 0.4) is 0 Å². The summed E-state index contributed by atoms with van der Waals surface area (Å²) in [6, 6.07) is 55.3. The van der Waals surface area contributed by atoms with Crippen molar-refractivity contribution in [1.29, 1.82) is 0 Å². The number of aromatic nitrogens is 2. The Bertz CT molecular complexity index is 2820. The van der Waals surface area contributed by atoms with Gasteiger partial charge >= 0.3 is 0 Å². The molecule has 0 aliphatic carbocycles. The Kier molecular flexibility index (Phi) is 6.05. The second-order valence-electron chi connectivity index (χ2n) is 12.1. The zero-order chi connectivity index (χ0) is 31.6. The third-order valence-electron chi connectivity index (χ3n) is 9.31. The van der Waals surface area contributed by atoms with E-state index in [4.69, 9.17) is 14.4 Å². The fourth-order valence-corrected chi connectivity index (χ4v) is 8.17. The van der Waals surface area contributed by atoms with Crippen molar-refractivity contribution in [3.63, 3.8) is 0 Å². The second-order valence-corrected chi connectivity index (χ2v) is 13.2. The molecule has 0 radical (unpaired) electrons. The summed E-state index contributed by atoms with van der Waals surface area (Å²) < 4.78 is 9.11. The van der Waals surface area contributed by atoms with Crippen LogP contribution in [0.4, 0.5) is 0 Å². The molecule has 0 N–H and O–H groups in total. The molecule has 10 aromatic rings. The number of benzene rings is 7. The maximum atomic E-state index is 6.78. The molecule has 10 rings (SSSR count). The van der Waals surface area contributed by atoms with Gasteiger partial charge < -0.3 is 4.42 Å². The minimum Gasteiger partial charge on any atom is -0.455 e. The van der Waals surface area contributed by atoms with Crippen molar-refractivity contribution >= 4 is 64.4 Å². The van der Waals surface area contributed by atoms with Gasteiger partial charge in [0.15, 0.2) is 5.82 Å². The maximum absolute atomic E-state index is 6.78. The molecule has 0 saturated carbocycles. The quantitative estimate of drug-likeness (QED) is 0.194. The molecule has 0 bridgehead atoms. The zero-order valence-corrected chi connectivity index (χ0v) is 26.5. The SMILES string of the molecule is c1ccc(-c2cc3c4cccc(-c5ccc(-c6nc(-c7ccccc7)c7sc8ccccc8c7n6)cc5)c4oc3c3ccccc23)cc1. The van der Waals surface area contributed by atoms with Crippen LogP contribution in [0.1, 0.15) is 0 Å². The van der Waals surface area contributed by atoms with E-state index in [0.717, 1.165) is 76.7 Å². The molecule has 4 heteroatoms. The van der Waals surface area contributed by atoms with Crippen molar-refractivity contribution in [3.8, 4) is 44.9 Å². The molecule has 224 valence electrons. The van der Waals surface area contributed by atoms with Crippen LogP contribution < -0.4 is 0 Å². The first-order chi connectivity index (χ1) is 23.8. The van der Waals surface area contributed by atoms with Crippen molar-refractivity contribution in [2.24, 2.45) is 0 Å². The summed E-state index contributed by atoms with van der Waals surface area (Å²) in [4.78, 5) is 10.3. The number of para-hydroxylation sites is 1. The molecule has 0 amide bonds. The molecule has 7 aromatic carbocycles. The van der Waals surface area contributed by atoms with Gasteiger partial charge in [0.05, 0.1) is 15.9 Å². The van der Waals surface area contributed by atoms with Crippen LogP contribution in [0, 0.1) is 0 Å². The molecule has 0 fully saturated rings. The Labute approximate surface area is 280 Å². The van der Waals surface area contributed by atoms with E-state index in [1.807, 2.05) is 6.07 Å². The molecule has 0 aliphatic heterocycles. The predicted octanol–water partition coefficient (Wildman–Crippen LogP) is 12.6. The molecular formula is C44H26N2OS. The second kappa shape index (κ2) is 10.7. The van der Waals surface area contributed by atoms with Crippen LogP contribution in [0.2, 0.25) is 0 Å². The molecule has 48 heavy (non-hydrogen) atoms. The van der Waals surface area contributed by atoms with Crippen molar-refractivity contribution in [2.45, 2.75) is 0 Å². The highest BCUT2D eigenvalue weighted by Gasteiger charge is 2.19. The molecule has 0 atom stereocenters. The molecule has 0 aliphatic rings. The number of thiophene rings is 1. The molecule has 3 aromatic heterocycles. The smallest absolute Gasteiger partial charge is 0.160 e. The van der Waals surface area contributed by atoms with Gasteiger partial charge in [-0.1, -0.05) is 146 Å². The monoisotopic (exact) mass is 630 g/mol. The van der Waals surface area contributed by atoms with Crippen molar-refractivity contribution in [1.82, 2.24) is 9.97 Å². The van der Waals surface area contributed by atoms with E-state index < -0.39 is 0 Å². The molecule has 3 nitrogen and oxygen atoms in total. The van der Waals surface area contributed by atoms with E-state index in [0.29, 0.717) is 0 Å². The summed E-state index contributed by atoms with van der Waals surface area (Å²) in [5, 5.41) is 5.70. The first-order valence-electron chi connectivity index (χ1n) is 16.1. The first kappa shape index (κ1) is 27.1. The fraction of sp³-hybridized carbons (Fsp3) is 0. The van der Waals surface area contributed by atoms with Crippen LogP contribution in [0.25, 0.3) is 97.9 Å². The van der Waals surface area contributed by atoms with E-state index in [2.05, 4.69) is 152 Å². The fourth-order valence-electron chi connectivity index (χ4n) is 7.01.